The van der Waals surface area contributed by atoms with Crippen molar-refractivity contribution >= 4 is 11.7 Å². The molecule has 3 nitrogen and oxygen atoms in total. The smallest absolute Gasteiger partial charge is 0.312 e. The Hall–Kier alpha value is -2.29. The van der Waals surface area contributed by atoms with E-state index >= 15 is 0 Å². The van der Waals surface area contributed by atoms with Gasteiger partial charge in [-0.25, -0.2) is 0 Å². The summed E-state index contributed by atoms with van der Waals surface area (Å²) < 4.78 is 0. The molecule has 3 heteroatoms. The lowest BCUT2D eigenvalue weighted by Gasteiger charge is -2.46. The Morgan fingerprint density at radius 3 is 2.10 bits per heavy atom. The van der Waals surface area contributed by atoms with Gasteiger partial charge in [0.2, 0.25) is 0 Å². The molecule has 0 atom stereocenters. The highest BCUT2D eigenvalue weighted by atomic mass is 16.4. The molecular weight excluding hydrogens is 358 g/mol. The largest absolute Gasteiger partial charge is 0.481 e. The predicted octanol–water partition coefficient (Wildman–Crippen LogP) is 5.92. The fourth-order valence-electron chi connectivity index (χ4n) is 5.02. The van der Waals surface area contributed by atoms with Crippen LogP contribution in [0, 0.1) is 12.3 Å². The Labute approximate surface area is 174 Å². The third-order valence-electron chi connectivity index (χ3n) is 7.32. The second-order valence-electron chi connectivity index (χ2n) is 10.8. The van der Waals surface area contributed by atoms with Gasteiger partial charge in [0.25, 0.3) is 0 Å². The van der Waals surface area contributed by atoms with Crippen molar-refractivity contribution in [3.05, 3.63) is 53.1 Å². The highest BCUT2D eigenvalue weighted by molar-refractivity contribution is 5.80. The maximum atomic E-state index is 11.4. The Kier molecular flexibility index (Phi) is 4.38. The molecule has 1 fully saturated rings. The molecule has 0 radical (unpaired) electrons. The van der Waals surface area contributed by atoms with Crippen LogP contribution in [0.2, 0.25) is 0 Å². The molecule has 0 saturated carbocycles. The number of carboxylic acid groups (broad SMARTS) is 1. The van der Waals surface area contributed by atoms with Crippen LogP contribution >= 0.6 is 0 Å². The molecule has 29 heavy (non-hydrogen) atoms. The van der Waals surface area contributed by atoms with Gasteiger partial charge in [-0.2, -0.15) is 0 Å². The number of carbonyl (C=O) groups is 1. The summed E-state index contributed by atoms with van der Waals surface area (Å²) in [6.45, 7) is 14.6. The first-order chi connectivity index (χ1) is 13.4. The van der Waals surface area contributed by atoms with E-state index in [1.54, 1.807) is 0 Å². The first kappa shape index (κ1) is 20.0. The van der Waals surface area contributed by atoms with E-state index in [0.29, 0.717) is 13.1 Å². The van der Waals surface area contributed by atoms with Crippen molar-refractivity contribution in [2.24, 2.45) is 5.41 Å². The topological polar surface area (TPSA) is 40.5 Å². The molecule has 0 aromatic heterocycles. The molecule has 154 valence electrons. The van der Waals surface area contributed by atoms with Crippen LogP contribution in [0.15, 0.2) is 36.4 Å². The molecule has 1 aliphatic heterocycles. The second kappa shape index (κ2) is 6.35. The van der Waals surface area contributed by atoms with E-state index < -0.39 is 11.4 Å². The molecule has 0 bridgehead atoms. The molecule has 1 heterocycles. The maximum Gasteiger partial charge on any atom is 0.312 e. The summed E-state index contributed by atoms with van der Waals surface area (Å²) in [6.07, 6.45) is 2.43. The van der Waals surface area contributed by atoms with Gasteiger partial charge < -0.3 is 10.0 Å². The predicted molar refractivity (Wildman–Crippen MR) is 120 cm³/mol. The molecule has 0 spiro atoms. The van der Waals surface area contributed by atoms with Gasteiger partial charge in [0.05, 0.1) is 5.41 Å². The van der Waals surface area contributed by atoms with Crippen molar-refractivity contribution in [3.8, 4) is 11.1 Å². The van der Waals surface area contributed by atoms with Crippen molar-refractivity contribution in [3.63, 3.8) is 0 Å². The fraction of sp³-hybridized carbons (Fsp3) is 0.500. The maximum absolute atomic E-state index is 11.4. The Morgan fingerprint density at radius 2 is 1.52 bits per heavy atom. The van der Waals surface area contributed by atoms with E-state index in [1.807, 2.05) is 6.92 Å². The van der Waals surface area contributed by atoms with Crippen molar-refractivity contribution in [2.75, 3.05) is 18.0 Å². The van der Waals surface area contributed by atoms with Gasteiger partial charge in [-0.1, -0.05) is 52.0 Å². The van der Waals surface area contributed by atoms with Gasteiger partial charge in [0, 0.05) is 18.8 Å². The van der Waals surface area contributed by atoms with Gasteiger partial charge >= 0.3 is 5.97 Å². The van der Waals surface area contributed by atoms with Crippen LogP contribution in [0.5, 0.6) is 0 Å². The summed E-state index contributed by atoms with van der Waals surface area (Å²) in [5.41, 5.74) is 7.66. The molecule has 1 aliphatic carbocycles. The normalized spacial score (nSPS) is 21.2. The zero-order valence-corrected chi connectivity index (χ0v) is 18.6. The Bertz CT molecular complexity index is 980. The summed E-state index contributed by atoms with van der Waals surface area (Å²) in [7, 11) is 0. The number of hydrogen-bond acceptors (Lipinski definition) is 2. The Morgan fingerprint density at radius 1 is 0.931 bits per heavy atom. The van der Waals surface area contributed by atoms with Gasteiger partial charge in [-0.3, -0.25) is 4.79 Å². The van der Waals surface area contributed by atoms with Crippen molar-refractivity contribution < 1.29 is 9.90 Å². The average molecular weight is 392 g/mol. The molecule has 1 N–H and O–H groups in total. The molecular formula is C26H33NO2. The first-order valence-electron chi connectivity index (χ1n) is 10.7. The van der Waals surface area contributed by atoms with Crippen LogP contribution in [0.1, 0.15) is 64.2 Å². The van der Waals surface area contributed by atoms with Gasteiger partial charge in [0.15, 0.2) is 0 Å². The quantitative estimate of drug-likeness (QED) is 0.706. The molecule has 2 aromatic carbocycles. The average Bonchev–Trinajstić information content (AvgIpc) is 2.62. The third kappa shape index (κ3) is 3.25. The lowest BCUT2D eigenvalue weighted by Crippen LogP contribution is -2.59. The van der Waals surface area contributed by atoms with Crippen molar-refractivity contribution in [2.45, 2.75) is 65.2 Å². The second-order valence-corrected chi connectivity index (χ2v) is 10.8. The van der Waals surface area contributed by atoms with Crippen LogP contribution in [-0.2, 0) is 15.6 Å². The highest BCUT2D eigenvalue weighted by Crippen LogP contribution is 2.48. The molecule has 0 amide bonds. The molecule has 0 unspecified atom stereocenters. The molecule has 4 rings (SSSR count). The minimum atomic E-state index is -0.708. The van der Waals surface area contributed by atoms with Crippen LogP contribution in [0.4, 0.5) is 5.69 Å². The van der Waals surface area contributed by atoms with Crippen molar-refractivity contribution in [1.29, 1.82) is 0 Å². The lowest BCUT2D eigenvalue weighted by molar-refractivity contribution is -0.149. The van der Waals surface area contributed by atoms with Gasteiger partial charge in [-0.15, -0.1) is 0 Å². The third-order valence-corrected chi connectivity index (χ3v) is 7.32. The zero-order valence-electron chi connectivity index (χ0n) is 18.6. The summed E-state index contributed by atoms with van der Waals surface area (Å²) in [5.74, 6) is -0.708. The Balaban J connectivity index is 1.73. The summed E-state index contributed by atoms with van der Waals surface area (Å²) in [5, 5.41) is 9.40. The van der Waals surface area contributed by atoms with Gasteiger partial charge in [-0.05, 0) is 77.5 Å². The molecule has 1 saturated heterocycles. The summed E-state index contributed by atoms with van der Waals surface area (Å²) in [6, 6.07) is 13.4. The number of nitrogens with zero attached hydrogens (tertiary/aromatic N) is 1. The van der Waals surface area contributed by atoms with E-state index in [1.165, 1.54) is 40.7 Å². The van der Waals surface area contributed by atoms with Crippen molar-refractivity contribution in [1.82, 2.24) is 0 Å². The SMILES string of the molecule is Cc1cc2c(cc1-c1cccc(N3CC(C)(C(=O)O)C3)c1)C(C)(C)CCC2(C)C. The molecule has 2 aliphatic rings. The van der Waals surface area contributed by atoms with Gasteiger partial charge in [0.1, 0.15) is 0 Å². The summed E-state index contributed by atoms with van der Waals surface area (Å²) in [4.78, 5) is 13.6. The number of benzene rings is 2. The standard InChI is InChI=1S/C26H33NO2/c1-17-12-21-22(25(4,5)11-10-24(21,2)3)14-20(17)18-8-7-9-19(13-18)27-15-26(6,16-27)23(28)29/h7-9,12-14H,10-11,15-16H2,1-6H3,(H,28,29). The zero-order chi connectivity index (χ0) is 21.2. The molecule has 2 aromatic rings. The van der Waals surface area contributed by atoms with E-state index in [9.17, 15) is 9.90 Å². The monoisotopic (exact) mass is 391 g/mol. The van der Waals surface area contributed by atoms with E-state index in [4.69, 9.17) is 0 Å². The van der Waals surface area contributed by atoms with Crippen LogP contribution in [-0.4, -0.2) is 24.2 Å². The number of rotatable bonds is 3. The number of carboxylic acids is 1. The summed E-state index contributed by atoms with van der Waals surface area (Å²) >= 11 is 0. The number of anilines is 1. The minimum Gasteiger partial charge on any atom is -0.481 e. The van der Waals surface area contributed by atoms with E-state index in [0.717, 1.165) is 5.69 Å². The van der Waals surface area contributed by atoms with E-state index in [2.05, 4.69) is 75.9 Å². The minimum absolute atomic E-state index is 0.186. The van der Waals surface area contributed by atoms with E-state index in [-0.39, 0.29) is 10.8 Å². The highest BCUT2D eigenvalue weighted by Gasteiger charge is 2.45. The number of fused-ring (bicyclic) bond motifs is 1. The van der Waals surface area contributed by atoms with Crippen LogP contribution in [0.25, 0.3) is 11.1 Å². The fourth-order valence-corrected chi connectivity index (χ4v) is 5.02. The van der Waals surface area contributed by atoms with Crippen LogP contribution in [0.3, 0.4) is 0 Å². The number of aliphatic carboxylic acids is 1. The number of hydrogen-bond donors (Lipinski definition) is 1. The lowest BCUT2D eigenvalue weighted by atomic mass is 9.62. The van der Waals surface area contributed by atoms with Crippen LogP contribution < -0.4 is 4.90 Å². The first-order valence-corrected chi connectivity index (χ1v) is 10.7. The number of aryl methyl sites for hydroxylation is 1.